The number of aryl methyl sites for hydroxylation is 1. The van der Waals surface area contributed by atoms with Crippen LogP contribution in [0.15, 0.2) is 30.9 Å². The number of anilines is 1. The molecule has 51 heavy (non-hydrogen) atoms. The average Bonchev–Trinajstić information content (AvgIpc) is 4.01. The average molecular weight is 725 g/mol. The summed E-state index contributed by atoms with van der Waals surface area (Å²) < 4.78 is 39.6. The standard InChI is InChI=1S/C36H48N6O8S/c1-6-23-19-36(23,34(46)40-51(47,48)25-12-13-25)39-31(44)29-17-24-20-42(29)33(45)26(21(2)3)18-30(43)49-15-9-7-8-10-22-11-14-28-27(16-22)32(50-24)38-35(37-28)41(4)5/h6,11,14,16,21,23-26,29H,1,7-10,12-13,15,17-20H2,2-5H3,(H,39,44)(H,40,46)/t23-,24+,26-,29-,36+/m0/s1. The summed E-state index contributed by atoms with van der Waals surface area (Å²) in [5, 5.41) is 2.89. The third-order valence-corrected chi connectivity index (χ3v) is 12.2. The van der Waals surface area contributed by atoms with E-state index in [0.717, 1.165) is 24.8 Å². The van der Waals surface area contributed by atoms with Gasteiger partial charge in [0.05, 0.1) is 41.6 Å². The number of carbonyl (C=O) groups is 4. The molecule has 1 saturated heterocycles. The number of esters is 1. The van der Waals surface area contributed by atoms with Gasteiger partial charge in [-0.1, -0.05) is 26.0 Å². The Morgan fingerprint density at radius 2 is 1.90 bits per heavy atom. The van der Waals surface area contributed by atoms with Crippen molar-refractivity contribution in [3.05, 3.63) is 36.4 Å². The molecule has 3 heterocycles. The summed E-state index contributed by atoms with van der Waals surface area (Å²) in [6.07, 6.45) is 5.06. The van der Waals surface area contributed by atoms with Crippen LogP contribution in [0.2, 0.25) is 0 Å². The number of nitrogens with zero attached hydrogens (tertiary/aromatic N) is 4. The Morgan fingerprint density at radius 1 is 1.14 bits per heavy atom. The first-order valence-corrected chi connectivity index (χ1v) is 19.4. The Hall–Kier alpha value is -4.27. The largest absolute Gasteiger partial charge is 0.472 e. The molecule has 0 unspecified atom stereocenters. The zero-order valence-corrected chi connectivity index (χ0v) is 30.5. The molecule has 276 valence electrons. The highest BCUT2D eigenvalue weighted by Gasteiger charge is 2.62. The number of carbonyl (C=O) groups excluding carboxylic acids is 4. The lowest BCUT2D eigenvalue weighted by Gasteiger charge is -2.30. The zero-order valence-electron chi connectivity index (χ0n) is 29.7. The maximum absolute atomic E-state index is 14.4. The Balaban J connectivity index is 1.34. The van der Waals surface area contributed by atoms with Crippen LogP contribution in [0.3, 0.4) is 0 Å². The molecule has 4 aliphatic rings. The summed E-state index contributed by atoms with van der Waals surface area (Å²) in [5.41, 5.74) is 0.231. The minimum absolute atomic E-state index is 0.0117. The number of sulfonamides is 1. The van der Waals surface area contributed by atoms with Crippen molar-refractivity contribution >= 4 is 50.6 Å². The van der Waals surface area contributed by atoms with Crippen LogP contribution in [0.25, 0.3) is 10.9 Å². The quantitative estimate of drug-likeness (QED) is 0.302. The highest BCUT2D eigenvalue weighted by Crippen LogP contribution is 2.45. The minimum Gasteiger partial charge on any atom is -0.472 e. The number of hydrogen-bond acceptors (Lipinski definition) is 11. The van der Waals surface area contributed by atoms with Crippen molar-refractivity contribution in [1.29, 1.82) is 0 Å². The molecule has 5 atom stereocenters. The number of rotatable bonds is 8. The number of nitrogens with one attached hydrogen (secondary N) is 2. The molecular weight excluding hydrogens is 676 g/mol. The topological polar surface area (TPSA) is 177 Å². The van der Waals surface area contributed by atoms with Gasteiger partial charge >= 0.3 is 5.97 Å². The fourth-order valence-electron chi connectivity index (χ4n) is 6.99. The Bertz CT molecular complexity index is 1830. The van der Waals surface area contributed by atoms with Crippen LogP contribution in [-0.4, -0.2) is 97.2 Å². The van der Waals surface area contributed by atoms with Gasteiger partial charge in [0.25, 0.3) is 5.91 Å². The lowest BCUT2D eigenvalue weighted by molar-refractivity contribution is -0.151. The first-order chi connectivity index (χ1) is 24.2. The van der Waals surface area contributed by atoms with Crippen LogP contribution in [0.5, 0.6) is 5.88 Å². The van der Waals surface area contributed by atoms with Gasteiger partial charge in [-0.25, -0.2) is 13.4 Å². The fraction of sp³-hybridized carbons (Fsp3) is 0.611. The molecule has 0 spiro atoms. The van der Waals surface area contributed by atoms with Gasteiger partial charge < -0.3 is 24.6 Å². The summed E-state index contributed by atoms with van der Waals surface area (Å²) >= 11 is 0. The number of fused-ring (bicyclic) bond motifs is 3. The van der Waals surface area contributed by atoms with Gasteiger partial charge in [-0.2, -0.15) is 4.98 Å². The number of aromatic nitrogens is 2. The molecule has 0 radical (unpaired) electrons. The van der Waals surface area contributed by atoms with E-state index >= 15 is 0 Å². The summed E-state index contributed by atoms with van der Waals surface area (Å²) in [6, 6.07) is 4.87. The van der Waals surface area contributed by atoms with E-state index < -0.39 is 68.5 Å². The first kappa shape index (κ1) is 36.5. The predicted octanol–water partition coefficient (Wildman–Crippen LogP) is 2.65. The molecule has 3 amide bonds. The molecule has 2 saturated carbocycles. The number of ether oxygens (including phenoxy) is 2. The molecule has 2 aromatic rings. The third kappa shape index (κ3) is 7.82. The molecule has 2 aliphatic carbocycles. The van der Waals surface area contributed by atoms with Gasteiger partial charge in [0.1, 0.15) is 17.7 Å². The normalized spacial score (nSPS) is 27.3. The molecule has 15 heteroatoms. The highest BCUT2D eigenvalue weighted by molar-refractivity contribution is 7.91. The monoisotopic (exact) mass is 724 g/mol. The maximum atomic E-state index is 14.4. The second-order valence-electron chi connectivity index (χ2n) is 14.8. The maximum Gasteiger partial charge on any atom is 0.306 e. The van der Waals surface area contributed by atoms with Crippen molar-refractivity contribution in [2.45, 2.75) is 94.6 Å². The van der Waals surface area contributed by atoms with E-state index in [9.17, 15) is 27.6 Å². The smallest absolute Gasteiger partial charge is 0.306 e. The van der Waals surface area contributed by atoms with Crippen LogP contribution in [0.4, 0.5) is 5.95 Å². The molecule has 6 rings (SSSR count). The van der Waals surface area contributed by atoms with E-state index in [-0.39, 0.29) is 38.3 Å². The minimum atomic E-state index is -3.88. The van der Waals surface area contributed by atoms with Crippen molar-refractivity contribution in [2.75, 3.05) is 32.1 Å². The highest BCUT2D eigenvalue weighted by atomic mass is 32.2. The molecule has 3 fully saturated rings. The second kappa shape index (κ2) is 14.4. The number of hydrogen-bond donors (Lipinski definition) is 2. The van der Waals surface area contributed by atoms with Crippen molar-refractivity contribution < 1.29 is 37.1 Å². The number of amides is 3. The van der Waals surface area contributed by atoms with Gasteiger partial charge in [-0.15, -0.1) is 6.58 Å². The molecular formula is C36H48N6O8S. The Labute approximate surface area is 298 Å². The van der Waals surface area contributed by atoms with E-state index in [2.05, 4.69) is 16.6 Å². The second-order valence-corrected chi connectivity index (χ2v) is 16.8. The summed E-state index contributed by atoms with van der Waals surface area (Å²) in [4.78, 5) is 67.6. The van der Waals surface area contributed by atoms with Crippen molar-refractivity contribution in [3.8, 4) is 5.88 Å². The van der Waals surface area contributed by atoms with E-state index in [1.807, 2.05) is 46.1 Å². The molecule has 2 N–H and O–H groups in total. The summed E-state index contributed by atoms with van der Waals surface area (Å²) in [5.74, 6) is -3.13. The molecule has 4 bridgehead atoms. The van der Waals surface area contributed by atoms with E-state index in [0.29, 0.717) is 42.0 Å². The van der Waals surface area contributed by atoms with Crippen molar-refractivity contribution in [1.82, 2.24) is 24.9 Å². The lowest BCUT2D eigenvalue weighted by atomic mass is 9.90. The van der Waals surface area contributed by atoms with Crippen LogP contribution in [0, 0.1) is 17.8 Å². The molecule has 2 aliphatic heterocycles. The summed E-state index contributed by atoms with van der Waals surface area (Å²) in [6.45, 7) is 7.72. The molecule has 1 aromatic carbocycles. The van der Waals surface area contributed by atoms with E-state index in [1.165, 1.54) is 11.0 Å². The van der Waals surface area contributed by atoms with Crippen molar-refractivity contribution in [3.63, 3.8) is 0 Å². The SMILES string of the molecule is C=C[C@H]1C[C@]1(NC(=O)[C@@H]1C[C@@H]2CN1C(=O)[C@H](C(C)C)CC(=O)OCCCCCc1ccc3nc(N(C)C)nc(c3c1)O2)C(=O)NS(=O)(=O)C1CC1. The van der Waals surface area contributed by atoms with Gasteiger partial charge in [0, 0.05) is 26.4 Å². The Kier molecular flexibility index (Phi) is 10.3. The predicted molar refractivity (Wildman–Crippen MR) is 189 cm³/mol. The van der Waals surface area contributed by atoms with Gasteiger partial charge in [0.15, 0.2) is 0 Å². The molecule has 1 aromatic heterocycles. The third-order valence-electron chi connectivity index (χ3n) is 10.4. The Morgan fingerprint density at radius 3 is 2.57 bits per heavy atom. The first-order valence-electron chi connectivity index (χ1n) is 17.8. The van der Waals surface area contributed by atoms with Gasteiger partial charge in [-0.3, -0.25) is 23.9 Å². The van der Waals surface area contributed by atoms with Crippen LogP contribution in [0.1, 0.15) is 70.8 Å². The lowest BCUT2D eigenvalue weighted by Crippen LogP contribution is -2.57. The van der Waals surface area contributed by atoms with Gasteiger partial charge in [-0.05, 0) is 68.6 Å². The van der Waals surface area contributed by atoms with E-state index in [1.54, 1.807) is 4.90 Å². The van der Waals surface area contributed by atoms with Crippen LogP contribution >= 0.6 is 0 Å². The van der Waals surface area contributed by atoms with Crippen LogP contribution in [-0.2, 0) is 40.4 Å². The number of benzene rings is 1. The summed E-state index contributed by atoms with van der Waals surface area (Å²) in [7, 11) is -0.228. The van der Waals surface area contributed by atoms with Crippen molar-refractivity contribution in [2.24, 2.45) is 17.8 Å². The van der Waals surface area contributed by atoms with Gasteiger partial charge in [0.2, 0.25) is 33.7 Å². The van der Waals surface area contributed by atoms with Crippen LogP contribution < -0.4 is 19.7 Å². The fourth-order valence-corrected chi connectivity index (χ4v) is 8.35. The molecule has 14 nitrogen and oxygen atoms in total. The van der Waals surface area contributed by atoms with E-state index in [4.69, 9.17) is 19.4 Å². The number of cyclic esters (lactones) is 1. The zero-order chi connectivity index (χ0) is 36.7.